The largest absolute Gasteiger partial charge is 0.457 e. The molecule has 0 aliphatic rings. The summed E-state index contributed by atoms with van der Waals surface area (Å²) >= 11 is 0. The molecule has 0 saturated heterocycles. The number of aliphatic imine (C=N–C) groups is 2. The molecule has 0 heterocycles. The van der Waals surface area contributed by atoms with Crippen LogP contribution in [0.1, 0.15) is 25.0 Å². The highest BCUT2D eigenvalue weighted by Crippen LogP contribution is 2.35. The number of nitrogens with zero attached hydrogens (tertiary/aromatic N) is 2. The first-order chi connectivity index (χ1) is 17.0. The van der Waals surface area contributed by atoms with Gasteiger partial charge in [0.15, 0.2) is 0 Å². The molecule has 35 heavy (non-hydrogen) atoms. The maximum absolute atomic E-state index is 10.3. The minimum atomic E-state index is -0.236. The summed E-state index contributed by atoms with van der Waals surface area (Å²) in [7, 11) is 0. The molecular weight excluding hydrogens is 440 g/mol. The molecule has 0 unspecified atom stereocenters. The Balaban J connectivity index is 1.43. The second kappa shape index (κ2) is 10.4. The molecule has 0 aliphatic heterocycles. The Morgan fingerprint density at radius 3 is 1.09 bits per heavy atom. The number of hydrogen-bond acceptors (Lipinski definition) is 6. The quantitative estimate of drug-likeness (QED) is 0.200. The summed E-state index contributed by atoms with van der Waals surface area (Å²) in [5.74, 6) is 2.74. The molecule has 0 amide bonds. The molecule has 4 aromatic carbocycles. The van der Waals surface area contributed by atoms with Gasteiger partial charge in [-0.25, -0.2) is 9.59 Å². The van der Waals surface area contributed by atoms with E-state index < -0.39 is 0 Å². The fourth-order valence-corrected chi connectivity index (χ4v) is 3.60. The number of hydrogen-bond donors (Lipinski definition) is 0. The van der Waals surface area contributed by atoms with Gasteiger partial charge in [-0.3, -0.25) is 0 Å². The van der Waals surface area contributed by atoms with E-state index in [-0.39, 0.29) is 5.41 Å². The van der Waals surface area contributed by atoms with Crippen molar-refractivity contribution in [1.82, 2.24) is 0 Å². The maximum atomic E-state index is 10.3. The number of carbonyl (C=O) groups excluding carboxylic acids is 2. The van der Waals surface area contributed by atoms with Crippen LogP contribution in [0, 0.1) is 0 Å². The first-order valence-corrected chi connectivity index (χ1v) is 10.9. The van der Waals surface area contributed by atoms with Crippen LogP contribution >= 0.6 is 0 Å². The fourth-order valence-electron chi connectivity index (χ4n) is 3.60. The summed E-state index contributed by atoms with van der Waals surface area (Å²) in [5.41, 5.74) is 3.10. The van der Waals surface area contributed by atoms with Crippen molar-refractivity contribution in [1.29, 1.82) is 0 Å². The lowest BCUT2D eigenvalue weighted by Crippen LogP contribution is -2.18. The van der Waals surface area contributed by atoms with Crippen LogP contribution in [0.15, 0.2) is 107 Å². The minimum absolute atomic E-state index is 0.236. The Bertz CT molecular complexity index is 1270. The van der Waals surface area contributed by atoms with Gasteiger partial charge in [-0.15, -0.1) is 0 Å². The number of benzene rings is 4. The highest BCUT2D eigenvalue weighted by molar-refractivity contribution is 5.52. The molecule has 0 aromatic heterocycles. The van der Waals surface area contributed by atoms with E-state index in [1.54, 1.807) is 48.5 Å². The highest BCUT2D eigenvalue weighted by atomic mass is 16.5. The van der Waals surface area contributed by atoms with Crippen molar-refractivity contribution in [3.8, 4) is 23.0 Å². The zero-order valence-corrected chi connectivity index (χ0v) is 19.3. The molecular formula is C29H22N2O4. The summed E-state index contributed by atoms with van der Waals surface area (Å²) in [6.07, 6.45) is 3.04. The topological polar surface area (TPSA) is 77.3 Å². The van der Waals surface area contributed by atoms with Crippen molar-refractivity contribution in [3.63, 3.8) is 0 Å². The predicted molar refractivity (Wildman–Crippen MR) is 134 cm³/mol. The second-order valence-electron chi connectivity index (χ2n) is 8.27. The van der Waals surface area contributed by atoms with Gasteiger partial charge in [0, 0.05) is 5.41 Å². The lowest BCUT2D eigenvalue weighted by molar-refractivity contribution is 0.481. The number of rotatable bonds is 8. The van der Waals surface area contributed by atoms with Gasteiger partial charge in [0.25, 0.3) is 0 Å². The van der Waals surface area contributed by atoms with Gasteiger partial charge in [0.1, 0.15) is 23.0 Å². The molecule has 6 nitrogen and oxygen atoms in total. The third-order valence-electron chi connectivity index (χ3n) is 5.65. The van der Waals surface area contributed by atoms with Gasteiger partial charge >= 0.3 is 0 Å². The van der Waals surface area contributed by atoms with Crippen LogP contribution < -0.4 is 9.47 Å². The standard InChI is InChI=1S/C29H22N2O4/c1-29(2,21-3-11-25(12-4-21)34-27-15-7-23(8-16-27)30-19-32)22-5-13-26(14-6-22)35-28-17-9-24(10-18-28)31-20-33/h3-18H,1-2H3. The zero-order valence-electron chi connectivity index (χ0n) is 19.3. The van der Waals surface area contributed by atoms with Crippen LogP contribution in [0.2, 0.25) is 0 Å². The summed E-state index contributed by atoms with van der Waals surface area (Å²) in [4.78, 5) is 27.8. The lowest BCUT2D eigenvalue weighted by atomic mass is 9.78. The predicted octanol–water partition coefficient (Wildman–Crippen LogP) is 7.53. The Labute approximate surface area is 203 Å². The summed E-state index contributed by atoms with van der Waals surface area (Å²) in [5, 5.41) is 0. The van der Waals surface area contributed by atoms with Gasteiger partial charge < -0.3 is 9.47 Å². The molecule has 6 heteroatoms. The van der Waals surface area contributed by atoms with Crippen LogP contribution in [0.3, 0.4) is 0 Å². The minimum Gasteiger partial charge on any atom is -0.457 e. The Morgan fingerprint density at radius 1 is 0.514 bits per heavy atom. The van der Waals surface area contributed by atoms with E-state index >= 15 is 0 Å². The summed E-state index contributed by atoms with van der Waals surface area (Å²) in [6, 6.07) is 29.7. The molecule has 0 bridgehead atoms. The van der Waals surface area contributed by atoms with E-state index in [0.29, 0.717) is 34.4 Å². The van der Waals surface area contributed by atoms with Crippen molar-refractivity contribution >= 4 is 23.5 Å². The van der Waals surface area contributed by atoms with Gasteiger partial charge in [0.2, 0.25) is 12.2 Å². The van der Waals surface area contributed by atoms with E-state index in [4.69, 9.17) is 9.47 Å². The van der Waals surface area contributed by atoms with Crippen molar-refractivity contribution < 1.29 is 19.1 Å². The molecule has 4 aromatic rings. The molecule has 0 fully saturated rings. The average Bonchev–Trinajstić information content (AvgIpc) is 2.87. The SMILES string of the molecule is CC(C)(c1ccc(Oc2ccc(N=C=O)cc2)cc1)c1ccc(Oc2ccc(N=C=O)cc2)cc1. The van der Waals surface area contributed by atoms with Crippen molar-refractivity contribution in [2.75, 3.05) is 0 Å². The van der Waals surface area contributed by atoms with Crippen molar-refractivity contribution in [2.24, 2.45) is 9.98 Å². The van der Waals surface area contributed by atoms with Crippen LogP contribution in [0.25, 0.3) is 0 Å². The van der Waals surface area contributed by atoms with Crippen LogP contribution in [-0.4, -0.2) is 12.2 Å². The summed E-state index contributed by atoms with van der Waals surface area (Å²) in [6.45, 7) is 4.33. The number of isocyanates is 2. The number of ether oxygens (including phenoxy) is 2. The van der Waals surface area contributed by atoms with Gasteiger partial charge in [-0.05, 0) is 83.9 Å². The van der Waals surface area contributed by atoms with E-state index in [9.17, 15) is 9.59 Å². The molecule has 172 valence electrons. The molecule has 0 atom stereocenters. The molecule has 0 aliphatic carbocycles. The van der Waals surface area contributed by atoms with Crippen molar-refractivity contribution in [3.05, 3.63) is 108 Å². The average molecular weight is 463 g/mol. The van der Waals surface area contributed by atoms with E-state index in [2.05, 4.69) is 23.8 Å². The Hall–Kier alpha value is -4.76. The molecule has 0 saturated carbocycles. The fraction of sp³-hybridized carbons (Fsp3) is 0.103. The normalized spacial score (nSPS) is 10.6. The first-order valence-electron chi connectivity index (χ1n) is 10.9. The smallest absolute Gasteiger partial charge is 0.240 e. The third-order valence-corrected chi connectivity index (χ3v) is 5.65. The van der Waals surface area contributed by atoms with E-state index in [1.807, 2.05) is 48.5 Å². The van der Waals surface area contributed by atoms with Crippen molar-refractivity contribution in [2.45, 2.75) is 19.3 Å². The molecule has 0 spiro atoms. The Kier molecular flexibility index (Phi) is 6.99. The van der Waals surface area contributed by atoms with Gasteiger partial charge in [-0.1, -0.05) is 38.1 Å². The third kappa shape index (κ3) is 5.79. The van der Waals surface area contributed by atoms with Crippen LogP contribution in [0.4, 0.5) is 11.4 Å². The lowest BCUT2D eigenvalue weighted by Gasteiger charge is -2.26. The van der Waals surface area contributed by atoms with Gasteiger partial charge in [0.05, 0.1) is 11.4 Å². The molecule has 4 rings (SSSR count). The van der Waals surface area contributed by atoms with E-state index in [1.165, 1.54) is 12.2 Å². The monoisotopic (exact) mass is 462 g/mol. The Morgan fingerprint density at radius 2 is 0.800 bits per heavy atom. The maximum Gasteiger partial charge on any atom is 0.240 e. The van der Waals surface area contributed by atoms with Crippen LogP contribution in [0.5, 0.6) is 23.0 Å². The summed E-state index contributed by atoms with van der Waals surface area (Å²) < 4.78 is 11.8. The molecule has 0 N–H and O–H groups in total. The zero-order chi connectivity index (χ0) is 24.7. The first kappa shape index (κ1) is 23.4. The highest BCUT2D eigenvalue weighted by Gasteiger charge is 2.23. The second-order valence-corrected chi connectivity index (χ2v) is 8.27. The molecule has 0 radical (unpaired) electrons. The van der Waals surface area contributed by atoms with E-state index in [0.717, 1.165) is 11.1 Å². The van der Waals surface area contributed by atoms with Crippen LogP contribution in [-0.2, 0) is 15.0 Å². The van der Waals surface area contributed by atoms with Gasteiger partial charge in [-0.2, -0.15) is 9.98 Å².